The van der Waals surface area contributed by atoms with Crippen LogP contribution in [-0.2, 0) is 6.54 Å². The van der Waals surface area contributed by atoms with Gasteiger partial charge in [-0.15, -0.1) is 0 Å². The zero-order valence-electron chi connectivity index (χ0n) is 9.55. The van der Waals surface area contributed by atoms with Gasteiger partial charge in [-0.05, 0) is 24.3 Å². The van der Waals surface area contributed by atoms with E-state index in [4.69, 9.17) is 11.6 Å². The van der Waals surface area contributed by atoms with E-state index >= 15 is 0 Å². The van der Waals surface area contributed by atoms with E-state index in [1.54, 1.807) is 12.3 Å². The number of anilines is 1. The maximum absolute atomic E-state index is 5.82. The van der Waals surface area contributed by atoms with Crippen molar-refractivity contribution >= 4 is 22.9 Å². The molecule has 3 aromatic rings. The lowest BCUT2D eigenvalue weighted by Gasteiger charge is -2.03. The maximum atomic E-state index is 5.82. The quantitative estimate of drug-likeness (QED) is 0.735. The van der Waals surface area contributed by atoms with Crippen LogP contribution in [0.1, 0.15) is 5.69 Å². The molecule has 0 saturated heterocycles. The van der Waals surface area contributed by atoms with Crippen molar-refractivity contribution in [2.45, 2.75) is 6.54 Å². The minimum absolute atomic E-state index is 0.481. The molecule has 0 atom stereocenters. The molecule has 0 spiro atoms. The number of imidazole rings is 1. The molecule has 0 amide bonds. The summed E-state index contributed by atoms with van der Waals surface area (Å²) in [6.07, 6.45) is 5.66. The predicted octanol–water partition coefficient (Wildman–Crippen LogP) is 2.99. The smallest absolute Gasteiger partial charge is 0.137 e. The molecule has 0 aliphatic rings. The second kappa shape index (κ2) is 4.66. The molecule has 3 heterocycles. The molecule has 0 aliphatic heterocycles. The van der Waals surface area contributed by atoms with Crippen LogP contribution >= 0.6 is 11.6 Å². The highest BCUT2D eigenvalue weighted by molar-refractivity contribution is 6.29. The van der Waals surface area contributed by atoms with Crippen LogP contribution in [0.4, 0.5) is 5.69 Å². The van der Waals surface area contributed by atoms with Crippen molar-refractivity contribution in [3.63, 3.8) is 0 Å². The van der Waals surface area contributed by atoms with Gasteiger partial charge in [-0.25, -0.2) is 9.97 Å². The first-order valence-corrected chi connectivity index (χ1v) is 5.97. The Morgan fingerprint density at radius 2 is 2.22 bits per heavy atom. The first-order valence-electron chi connectivity index (χ1n) is 5.59. The summed E-state index contributed by atoms with van der Waals surface area (Å²) in [5.74, 6) is 0. The van der Waals surface area contributed by atoms with Crippen LogP contribution in [0.5, 0.6) is 0 Å². The molecule has 0 bridgehead atoms. The number of nitrogens with zero attached hydrogens (tertiary/aromatic N) is 3. The topological polar surface area (TPSA) is 42.2 Å². The Labute approximate surface area is 109 Å². The molecular formula is C13H11ClN4. The maximum Gasteiger partial charge on any atom is 0.137 e. The fourth-order valence-corrected chi connectivity index (χ4v) is 1.95. The summed E-state index contributed by atoms with van der Waals surface area (Å²) in [6, 6.07) is 9.60. The number of hydrogen-bond acceptors (Lipinski definition) is 3. The van der Waals surface area contributed by atoms with Crippen molar-refractivity contribution in [3.05, 3.63) is 59.8 Å². The monoisotopic (exact) mass is 258 g/mol. The van der Waals surface area contributed by atoms with Crippen molar-refractivity contribution in [2.75, 3.05) is 5.32 Å². The molecule has 1 N–H and O–H groups in total. The van der Waals surface area contributed by atoms with Crippen molar-refractivity contribution < 1.29 is 0 Å². The van der Waals surface area contributed by atoms with Crippen LogP contribution < -0.4 is 5.32 Å². The van der Waals surface area contributed by atoms with Gasteiger partial charge < -0.3 is 9.72 Å². The van der Waals surface area contributed by atoms with Crippen LogP contribution in [0.15, 0.2) is 48.9 Å². The molecule has 4 nitrogen and oxygen atoms in total. The first kappa shape index (κ1) is 11.0. The number of aromatic nitrogens is 3. The Morgan fingerprint density at radius 3 is 3.06 bits per heavy atom. The third-order valence-electron chi connectivity index (χ3n) is 2.61. The molecule has 0 saturated carbocycles. The van der Waals surface area contributed by atoms with E-state index in [1.807, 2.05) is 41.1 Å². The largest absolute Gasteiger partial charge is 0.379 e. The Kier molecular flexibility index (Phi) is 2.86. The summed E-state index contributed by atoms with van der Waals surface area (Å²) in [4.78, 5) is 8.44. The standard InChI is InChI=1S/C13H11ClN4/c14-12-7-10(4-5-15-12)16-8-11-9-18-6-2-1-3-13(18)17-11/h1-7,9H,8H2,(H,15,16). The number of halogens is 1. The second-order valence-corrected chi connectivity index (χ2v) is 4.31. The molecule has 0 radical (unpaired) electrons. The van der Waals surface area contributed by atoms with Crippen LogP contribution in [0.2, 0.25) is 5.15 Å². The summed E-state index contributed by atoms with van der Waals surface area (Å²) in [6.45, 7) is 0.655. The van der Waals surface area contributed by atoms with Gasteiger partial charge in [0.2, 0.25) is 0 Å². The zero-order valence-corrected chi connectivity index (χ0v) is 10.3. The lowest BCUT2D eigenvalue weighted by molar-refractivity contribution is 1.08. The van der Waals surface area contributed by atoms with Gasteiger partial charge in [0, 0.05) is 24.3 Å². The number of nitrogens with one attached hydrogen (secondary N) is 1. The molecule has 0 aliphatic carbocycles. The minimum Gasteiger partial charge on any atom is -0.379 e. The van der Waals surface area contributed by atoms with E-state index in [-0.39, 0.29) is 0 Å². The van der Waals surface area contributed by atoms with Crippen molar-refractivity contribution in [1.29, 1.82) is 0 Å². The van der Waals surface area contributed by atoms with Gasteiger partial charge in [-0.3, -0.25) is 0 Å². The van der Waals surface area contributed by atoms with Crippen molar-refractivity contribution in [2.24, 2.45) is 0 Å². The summed E-state index contributed by atoms with van der Waals surface area (Å²) in [5.41, 5.74) is 2.86. The van der Waals surface area contributed by atoms with Crippen molar-refractivity contribution in [3.8, 4) is 0 Å². The fourth-order valence-electron chi connectivity index (χ4n) is 1.78. The molecule has 0 aromatic carbocycles. The van der Waals surface area contributed by atoms with Crippen LogP contribution in [-0.4, -0.2) is 14.4 Å². The molecular weight excluding hydrogens is 248 g/mol. The Morgan fingerprint density at radius 1 is 1.28 bits per heavy atom. The predicted molar refractivity (Wildman–Crippen MR) is 71.8 cm³/mol. The van der Waals surface area contributed by atoms with E-state index < -0.39 is 0 Å². The normalized spacial score (nSPS) is 10.7. The van der Waals surface area contributed by atoms with Crippen LogP contribution in [0.25, 0.3) is 5.65 Å². The second-order valence-electron chi connectivity index (χ2n) is 3.92. The molecule has 3 aromatic heterocycles. The highest BCUT2D eigenvalue weighted by Crippen LogP contribution is 2.13. The fraction of sp³-hybridized carbons (Fsp3) is 0.0769. The summed E-state index contributed by atoms with van der Waals surface area (Å²) >= 11 is 5.82. The van der Waals surface area contributed by atoms with Crippen LogP contribution in [0.3, 0.4) is 0 Å². The summed E-state index contributed by atoms with van der Waals surface area (Å²) in [5, 5.41) is 3.74. The van der Waals surface area contributed by atoms with Gasteiger partial charge in [0.1, 0.15) is 10.8 Å². The molecule has 0 fully saturated rings. The first-order chi connectivity index (χ1) is 8.81. The number of pyridine rings is 2. The third kappa shape index (κ3) is 2.28. The number of hydrogen-bond donors (Lipinski definition) is 1. The van der Waals surface area contributed by atoms with Gasteiger partial charge in [0.05, 0.1) is 12.2 Å². The lowest BCUT2D eigenvalue weighted by Crippen LogP contribution is -1.99. The zero-order chi connectivity index (χ0) is 12.4. The SMILES string of the molecule is Clc1cc(NCc2cn3ccccc3n2)ccn1. The van der Waals surface area contributed by atoms with E-state index in [1.165, 1.54) is 0 Å². The molecule has 3 rings (SSSR count). The Hall–Kier alpha value is -2.07. The van der Waals surface area contributed by atoms with Gasteiger partial charge in [0.15, 0.2) is 0 Å². The average Bonchev–Trinajstić information content (AvgIpc) is 2.79. The third-order valence-corrected chi connectivity index (χ3v) is 2.82. The molecule has 5 heteroatoms. The molecule has 90 valence electrons. The number of rotatable bonds is 3. The van der Waals surface area contributed by atoms with Crippen molar-refractivity contribution in [1.82, 2.24) is 14.4 Å². The number of fused-ring (bicyclic) bond motifs is 1. The minimum atomic E-state index is 0.481. The van der Waals surface area contributed by atoms with E-state index in [2.05, 4.69) is 15.3 Å². The van der Waals surface area contributed by atoms with E-state index in [0.29, 0.717) is 11.7 Å². The molecule has 0 unspecified atom stereocenters. The van der Waals surface area contributed by atoms with Crippen LogP contribution in [0, 0.1) is 0 Å². The van der Waals surface area contributed by atoms with Gasteiger partial charge in [-0.2, -0.15) is 0 Å². The van der Waals surface area contributed by atoms with E-state index in [9.17, 15) is 0 Å². The summed E-state index contributed by atoms with van der Waals surface area (Å²) in [7, 11) is 0. The van der Waals surface area contributed by atoms with Gasteiger partial charge >= 0.3 is 0 Å². The molecule has 18 heavy (non-hydrogen) atoms. The average molecular weight is 259 g/mol. The highest BCUT2D eigenvalue weighted by Gasteiger charge is 2.01. The van der Waals surface area contributed by atoms with Gasteiger partial charge in [-0.1, -0.05) is 17.7 Å². The Balaban J connectivity index is 1.76. The lowest BCUT2D eigenvalue weighted by atomic mass is 10.4. The van der Waals surface area contributed by atoms with E-state index in [0.717, 1.165) is 17.0 Å². The summed E-state index contributed by atoms with van der Waals surface area (Å²) < 4.78 is 2.00. The van der Waals surface area contributed by atoms with Gasteiger partial charge in [0.25, 0.3) is 0 Å². The highest BCUT2D eigenvalue weighted by atomic mass is 35.5. The Bertz CT molecular complexity index is 644.